The van der Waals surface area contributed by atoms with Gasteiger partial charge in [-0.2, -0.15) is 5.90 Å². The quantitative estimate of drug-likeness (QED) is 0.632. The van der Waals surface area contributed by atoms with Crippen molar-refractivity contribution in [1.82, 2.24) is 0 Å². The minimum atomic E-state index is 0.515. The lowest BCUT2D eigenvalue weighted by Gasteiger charge is -2.02. The Morgan fingerprint density at radius 2 is 2.20 bits per heavy atom. The molecule has 0 unspecified atom stereocenters. The van der Waals surface area contributed by atoms with Gasteiger partial charge in [0.15, 0.2) is 5.75 Å². The summed E-state index contributed by atoms with van der Waals surface area (Å²) < 4.78 is 0. The number of hydrogen-bond acceptors (Lipinski definition) is 2. The average molecular weight is 158 g/mol. The molecule has 0 amide bonds. The largest absolute Gasteiger partial charge is 0.410 e. The summed E-state index contributed by atoms with van der Waals surface area (Å²) >= 11 is 5.79. The summed E-state index contributed by atoms with van der Waals surface area (Å²) in [6, 6.07) is 5.45. The van der Waals surface area contributed by atoms with Crippen molar-refractivity contribution in [3.8, 4) is 5.75 Å². The molecule has 0 heterocycles. The second-order valence-electron chi connectivity index (χ2n) is 2.00. The highest BCUT2D eigenvalue weighted by atomic mass is 35.5. The van der Waals surface area contributed by atoms with Gasteiger partial charge in [-0.15, -0.1) is 0 Å². The Morgan fingerprint density at radius 3 is 2.70 bits per heavy atom. The van der Waals surface area contributed by atoms with Crippen molar-refractivity contribution in [1.29, 1.82) is 0 Å². The minimum Gasteiger partial charge on any atom is -0.410 e. The first-order valence-corrected chi connectivity index (χ1v) is 3.25. The first kappa shape index (κ1) is 7.38. The lowest BCUT2D eigenvalue weighted by atomic mass is 10.2. The van der Waals surface area contributed by atoms with E-state index < -0.39 is 0 Å². The summed E-state index contributed by atoms with van der Waals surface area (Å²) in [5.74, 6) is 5.45. The number of aryl methyl sites for hydroxylation is 1. The van der Waals surface area contributed by atoms with Gasteiger partial charge in [-0.3, -0.25) is 0 Å². The highest BCUT2D eigenvalue weighted by Crippen LogP contribution is 2.25. The van der Waals surface area contributed by atoms with Gasteiger partial charge in [-0.1, -0.05) is 23.7 Å². The van der Waals surface area contributed by atoms with Crippen LogP contribution in [0.25, 0.3) is 0 Å². The summed E-state index contributed by atoms with van der Waals surface area (Å²) in [7, 11) is 0. The lowest BCUT2D eigenvalue weighted by molar-refractivity contribution is 0.334. The van der Waals surface area contributed by atoms with E-state index in [4.69, 9.17) is 17.5 Å². The SMILES string of the molecule is Cc1cccc(ON)c1Cl. The molecule has 0 aliphatic rings. The maximum Gasteiger partial charge on any atom is 0.165 e. The zero-order valence-corrected chi connectivity index (χ0v) is 6.35. The van der Waals surface area contributed by atoms with E-state index in [-0.39, 0.29) is 0 Å². The van der Waals surface area contributed by atoms with E-state index >= 15 is 0 Å². The molecule has 3 heteroatoms. The van der Waals surface area contributed by atoms with Gasteiger partial charge in [-0.05, 0) is 18.6 Å². The van der Waals surface area contributed by atoms with Crippen LogP contribution in [-0.2, 0) is 0 Å². The Kier molecular flexibility index (Phi) is 2.14. The highest BCUT2D eigenvalue weighted by Gasteiger charge is 2.00. The molecule has 0 radical (unpaired) electrons. The molecule has 54 valence electrons. The van der Waals surface area contributed by atoms with Crippen LogP contribution < -0.4 is 10.7 Å². The van der Waals surface area contributed by atoms with Crippen molar-refractivity contribution in [3.63, 3.8) is 0 Å². The fourth-order valence-electron chi connectivity index (χ4n) is 0.712. The Balaban J connectivity index is 3.14. The summed E-state index contributed by atoms with van der Waals surface area (Å²) in [5.41, 5.74) is 0.963. The molecule has 1 aromatic carbocycles. The molecular formula is C7H8ClNO. The zero-order valence-electron chi connectivity index (χ0n) is 5.60. The zero-order chi connectivity index (χ0) is 7.56. The molecule has 10 heavy (non-hydrogen) atoms. The van der Waals surface area contributed by atoms with Crippen LogP contribution in [0.5, 0.6) is 5.75 Å². The van der Waals surface area contributed by atoms with Crippen LogP contribution in [0.15, 0.2) is 18.2 Å². The van der Waals surface area contributed by atoms with E-state index in [9.17, 15) is 0 Å². The third-order valence-corrected chi connectivity index (χ3v) is 1.77. The van der Waals surface area contributed by atoms with Crippen molar-refractivity contribution < 1.29 is 4.84 Å². The third-order valence-electron chi connectivity index (χ3n) is 1.28. The van der Waals surface area contributed by atoms with Crippen molar-refractivity contribution in [3.05, 3.63) is 28.8 Å². The first-order valence-electron chi connectivity index (χ1n) is 2.87. The second kappa shape index (κ2) is 2.90. The van der Waals surface area contributed by atoms with Gasteiger partial charge in [0.05, 0.1) is 5.02 Å². The van der Waals surface area contributed by atoms with Crippen LogP contribution in [0, 0.1) is 6.92 Å². The molecule has 0 aliphatic heterocycles. The van der Waals surface area contributed by atoms with Crippen LogP contribution in [0.2, 0.25) is 5.02 Å². The summed E-state index contributed by atoms with van der Waals surface area (Å²) in [4.78, 5) is 4.49. The van der Waals surface area contributed by atoms with Crippen molar-refractivity contribution in [2.24, 2.45) is 5.90 Å². The Labute approximate surface area is 64.5 Å². The number of hydrogen-bond donors (Lipinski definition) is 1. The Bertz CT molecular complexity index is 237. The van der Waals surface area contributed by atoms with Crippen LogP contribution >= 0.6 is 11.6 Å². The maximum atomic E-state index is 5.79. The fraction of sp³-hybridized carbons (Fsp3) is 0.143. The molecule has 0 spiro atoms. The molecule has 0 atom stereocenters. The average Bonchev–Trinajstić information content (AvgIpc) is 1.95. The monoisotopic (exact) mass is 157 g/mol. The molecule has 0 bridgehead atoms. The standard InChI is InChI=1S/C7H8ClNO/c1-5-3-2-4-6(10-9)7(5)8/h2-4H,9H2,1H3. The van der Waals surface area contributed by atoms with Gasteiger partial charge in [0, 0.05) is 0 Å². The predicted molar refractivity (Wildman–Crippen MR) is 41.0 cm³/mol. The van der Waals surface area contributed by atoms with E-state index in [0.29, 0.717) is 10.8 Å². The van der Waals surface area contributed by atoms with Crippen molar-refractivity contribution in [2.75, 3.05) is 0 Å². The van der Waals surface area contributed by atoms with Crippen LogP contribution in [0.1, 0.15) is 5.56 Å². The highest BCUT2D eigenvalue weighted by molar-refractivity contribution is 6.32. The lowest BCUT2D eigenvalue weighted by Crippen LogP contribution is -2.02. The maximum absolute atomic E-state index is 5.79. The number of rotatable bonds is 1. The molecule has 0 saturated carbocycles. The Morgan fingerprint density at radius 1 is 1.50 bits per heavy atom. The first-order chi connectivity index (χ1) is 4.75. The molecule has 0 aliphatic carbocycles. The van der Waals surface area contributed by atoms with Crippen LogP contribution in [-0.4, -0.2) is 0 Å². The molecule has 2 nitrogen and oxygen atoms in total. The normalized spacial score (nSPS) is 9.50. The van der Waals surface area contributed by atoms with E-state index in [2.05, 4.69) is 4.84 Å². The van der Waals surface area contributed by atoms with Crippen LogP contribution in [0.3, 0.4) is 0 Å². The topological polar surface area (TPSA) is 35.2 Å². The molecule has 1 rings (SSSR count). The van der Waals surface area contributed by atoms with Crippen LogP contribution in [0.4, 0.5) is 0 Å². The minimum absolute atomic E-state index is 0.515. The molecule has 0 fully saturated rings. The molecule has 2 N–H and O–H groups in total. The smallest absolute Gasteiger partial charge is 0.165 e. The fourth-order valence-corrected chi connectivity index (χ4v) is 0.882. The number of halogens is 1. The molecule has 0 saturated heterocycles. The summed E-state index contributed by atoms with van der Waals surface area (Å²) in [6.07, 6.45) is 0. The van der Waals surface area contributed by atoms with Crippen molar-refractivity contribution >= 4 is 11.6 Å². The number of benzene rings is 1. The molecule has 1 aromatic rings. The van der Waals surface area contributed by atoms with Gasteiger partial charge < -0.3 is 4.84 Å². The third kappa shape index (κ3) is 1.23. The second-order valence-corrected chi connectivity index (χ2v) is 2.38. The summed E-state index contributed by atoms with van der Waals surface area (Å²) in [5, 5.41) is 0.574. The van der Waals surface area contributed by atoms with Gasteiger partial charge in [0.2, 0.25) is 0 Å². The van der Waals surface area contributed by atoms with E-state index in [1.54, 1.807) is 6.07 Å². The number of nitrogens with two attached hydrogens (primary N) is 1. The Hall–Kier alpha value is -0.730. The van der Waals surface area contributed by atoms with Crippen molar-refractivity contribution in [2.45, 2.75) is 6.92 Å². The molecular weight excluding hydrogens is 150 g/mol. The van der Waals surface area contributed by atoms with E-state index in [1.165, 1.54) is 0 Å². The molecule has 0 aromatic heterocycles. The van der Waals surface area contributed by atoms with E-state index in [0.717, 1.165) is 5.56 Å². The van der Waals surface area contributed by atoms with E-state index in [1.807, 2.05) is 19.1 Å². The predicted octanol–water partition coefficient (Wildman–Crippen LogP) is 1.90. The van der Waals surface area contributed by atoms with Gasteiger partial charge in [0.25, 0.3) is 0 Å². The summed E-state index contributed by atoms with van der Waals surface area (Å²) in [6.45, 7) is 1.89. The van der Waals surface area contributed by atoms with Gasteiger partial charge in [0.1, 0.15) is 0 Å². The van der Waals surface area contributed by atoms with Gasteiger partial charge >= 0.3 is 0 Å². The van der Waals surface area contributed by atoms with Gasteiger partial charge in [-0.25, -0.2) is 0 Å².